The molecule has 1 aliphatic carbocycles. The third-order valence-electron chi connectivity index (χ3n) is 6.35. The Bertz CT molecular complexity index is 386. The minimum Gasteiger partial charge on any atom is -0.375 e. The van der Waals surface area contributed by atoms with Crippen LogP contribution in [-0.2, 0) is 9.53 Å². The summed E-state index contributed by atoms with van der Waals surface area (Å²) < 4.78 is 4.99. The molecular formula is C18H33N3O2. The second-order valence-corrected chi connectivity index (χ2v) is 7.68. The smallest absolute Gasteiger partial charge is 0.248 e. The number of rotatable bonds is 3. The third-order valence-corrected chi connectivity index (χ3v) is 6.35. The predicted molar refractivity (Wildman–Crippen MR) is 91.4 cm³/mol. The molecule has 3 aliphatic rings. The van der Waals surface area contributed by atoms with Crippen LogP contribution in [0.5, 0.6) is 0 Å². The van der Waals surface area contributed by atoms with E-state index in [9.17, 15) is 4.79 Å². The van der Waals surface area contributed by atoms with Crippen LogP contribution in [0.1, 0.15) is 44.9 Å². The van der Waals surface area contributed by atoms with E-state index >= 15 is 0 Å². The van der Waals surface area contributed by atoms with E-state index in [0.717, 1.165) is 38.6 Å². The Hall–Kier alpha value is -0.650. The summed E-state index contributed by atoms with van der Waals surface area (Å²) in [7, 11) is 1.60. The number of nitrogens with zero attached hydrogens (tertiary/aromatic N) is 2. The van der Waals surface area contributed by atoms with E-state index in [4.69, 9.17) is 4.74 Å². The fraction of sp³-hybridized carbons (Fsp3) is 0.944. The first kappa shape index (κ1) is 17.2. The van der Waals surface area contributed by atoms with Gasteiger partial charge < -0.3 is 15.0 Å². The molecule has 3 rings (SSSR count). The molecule has 132 valence electrons. The quantitative estimate of drug-likeness (QED) is 0.854. The van der Waals surface area contributed by atoms with E-state index in [1.54, 1.807) is 7.11 Å². The van der Waals surface area contributed by atoms with Crippen LogP contribution < -0.4 is 5.32 Å². The maximum absolute atomic E-state index is 12.0. The van der Waals surface area contributed by atoms with E-state index in [0.29, 0.717) is 5.41 Å². The minimum atomic E-state index is 0.145. The number of hydrogen-bond acceptors (Lipinski definition) is 4. The molecule has 5 nitrogen and oxygen atoms in total. The van der Waals surface area contributed by atoms with Crippen LogP contribution in [0.15, 0.2) is 0 Å². The molecule has 2 heterocycles. The van der Waals surface area contributed by atoms with Crippen LogP contribution in [0.2, 0.25) is 0 Å². The zero-order valence-electron chi connectivity index (χ0n) is 14.7. The van der Waals surface area contributed by atoms with Crippen LogP contribution in [0, 0.1) is 5.41 Å². The Balaban J connectivity index is 1.48. The number of amides is 1. The number of methoxy groups -OCH3 is 1. The standard InChI is InChI=1S/C18H33N3O2/c1-23-15-17(22)21-12-2-11-20(13-14-21)16-3-5-18(6-4-16)7-9-19-10-8-18/h16,19H,2-15H2,1H3. The molecule has 1 saturated carbocycles. The third kappa shape index (κ3) is 4.25. The van der Waals surface area contributed by atoms with Gasteiger partial charge in [-0.3, -0.25) is 9.69 Å². The van der Waals surface area contributed by atoms with Gasteiger partial charge in [0.2, 0.25) is 5.91 Å². The number of ether oxygens (including phenoxy) is 1. The molecule has 5 heteroatoms. The molecule has 23 heavy (non-hydrogen) atoms. The average molecular weight is 323 g/mol. The summed E-state index contributed by atoms with van der Waals surface area (Å²) in [4.78, 5) is 16.7. The van der Waals surface area contributed by atoms with Crippen molar-refractivity contribution < 1.29 is 9.53 Å². The molecule has 0 radical (unpaired) electrons. The van der Waals surface area contributed by atoms with E-state index in [1.165, 1.54) is 51.6 Å². The lowest BCUT2D eigenvalue weighted by Crippen LogP contribution is -2.46. The highest BCUT2D eigenvalue weighted by molar-refractivity contribution is 5.77. The number of hydrogen-bond donors (Lipinski definition) is 1. The number of nitrogens with one attached hydrogen (secondary N) is 1. The van der Waals surface area contributed by atoms with Crippen LogP contribution in [0.4, 0.5) is 0 Å². The summed E-state index contributed by atoms with van der Waals surface area (Å²) in [6.07, 6.45) is 9.36. The van der Waals surface area contributed by atoms with E-state index in [-0.39, 0.29) is 12.5 Å². The molecule has 2 saturated heterocycles. The van der Waals surface area contributed by atoms with Crippen molar-refractivity contribution in [2.24, 2.45) is 5.41 Å². The maximum atomic E-state index is 12.0. The Kier molecular flexibility index (Phi) is 5.94. The topological polar surface area (TPSA) is 44.8 Å². The highest BCUT2D eigenvalue weighted by Crippen LogP contribution is 2.44. The normalized spacial score (nSPS) is 27.1. The van der Waals surface area contributed by atoms with Gasteiger partial charge in [-0.05, 0) is 63.5 Å². The summed E-state index contributed by atoms with van der Waals surface area (Å²) in [6.45, 7) is 6.59. The van der Waals surface area contributed by atoms with E-state index in [2.05, 4.69) is 10.2 Å². The van der Waals surface area contributed by atoms with Crippen molar-refractivity contribution >= 4 is 5.91 Å². The van der Waals surface area contributed by atoms with Crippen molar-refractivity contribution in [2.45, 2.75) is 51.0 Å². The van der Waals surface area contributed by atoms with Gasteiger partial charge in [-0.2, -0.15) is 0 Å². The molecule has 1 N–H and O–H groups in total. The molecule has 0 atom stereocenters. The summed E-state index contributed by atoms with van der Waals surface area (Å²) in [5.41, 5.74) is 0.647. The van der Waals surface area contributed by atoms with Crippen molar-refractivity contribution in [1.29, 1.82) is 0 Å². The summed E-state index contributed by atoms with van der Waals surface area (Å²) >= 11 is 0. The van der Waals surface area contributed by atoms with Gasteiger partial charge in [0.15, 0.2) is 0 Å². The Morgan fingerprint density at radius 1 is 1.09 bits per heavy atom. The SMILES string of the molecule is COCC(=O)N1CCCN(C2CCC3(CCNCC3)CC2)CC1. The monoisotopic (exact) mass is 323 g/mol. The molecule has 0 unspecified atom stereocenters. The minimum absolute atomic E-state index is 0.145. The van der Waals surface area contributed by atoms with Gasteiger partial charge >= 0.3 is 0 Å². The van der Waals surface area contributed by atoms with Gasteiger partial charge in [0.05, 0.1) is 0 Å². The number of piperidine rings is 1. The molecule has 1 spiro atoms. The number of carbonyl (C=O) groups is 1. The molecule has 0 aromatic carbocycles. The van der Waals surface area contributed by atoms with Gasteiger partial charge in [0.25, 0.3) is 0 Å². The molecule has 0 aromatic heterocycles. The zero-order chi connectivity index (χ0) is 16.1. The highest BCUT2D eigenvalue weighted by Gasteiger charge is 2.37. The summed E-state index contributed by atoms with van der Waals surface area (Å²) in [5.74, 6) is 0.145. The molecular weight excluding hydrogens is 290 g/mol. The highest BCUT2D eigenvalue weighted by atomic mass is 16.5. The van der Waals surface area contributed by atoms with Crippen molar-refractivity contribution in [2.75, 3.05) is 53.0 Å². The Morgan fingerprint density at radius 3 is 2.52 bits per heavy atom. The zero-order valence-corrected chi connectivity index (χ0v) is 14.7. The molecule has 0 bridgehead atoms. The Labute approximate surface area is 140 Å². The maximum Gasteiger partial charge on any atom is 0.248 e. The van der Waals surface area contributed by atoms with E-state index in [1.807, 2.05) is 4.90 Å². The summed E-state index contributed by atoms with van der Waals surface area (Å²) in [6, 6.07) is 0.744. The lowest BCUT2D eigenvalue weighted by Gasteiger charge is -2.45. The first-order chi connectivity index (χ1) is 11.2. The molecule has 2 aliphatic heterocycles. The van der Waals surface area contributed by atoms with Gasteiger partial charge in [-0.15, -0.1) is 0 Å². The summed E-state index contributed by atoms with van der Waals surface area (Å²) in [5, 5.41) is 3.51. The fourth-order valence-corrected chi connectivity index (χ4v) is 4.80. The fourth-order valence-electron chi connectivity index (χ4n) is 4.80. The predicted octanol–water partition coefficient (Wildman–Crippen LogP) is 1.48. The second-order valence-electron chi connectivity index (χ2n) is 7.68. The lowest BCUT2D eigenvalue weighted by atomic mass is 9.67. The second kappa shape index (κ2) is 7.95. The van der Waals surface area contributed by atoms with Crippen molar-refractivity contribution in [1.82, 2.24) is 15.1 Å². The first-order valence-electron chi connectivity index (χ1n) is 9.44. The van der Waals surface area contributed by atoms with Crippen molar-refractivity contribution in [3.8, 4) is 0 Å². The van der Waals surface area contributed by atoms with Gasteiger partial charge in [-0.1, -0.05) is 0 Å². The van der Waals surface area contributed by atoms with E-state index < -0.39 is 0 Å². The molecule has 1 amide bonds. The molecule has 0 aromatic rings. The van der Waals surface area contributed by atoms with Crippen molar-refractivity contribution in [3.05, 3.63) is 0 Å². The number of carbonyl (C=O) groups excluding carboxylic acids is 1. The van der Waals surface area contributed by atoms with Crippen LogP contribution >= 0.6 is 0 Å². The average Bonchev–Trinajstić information content (AvgIpc) is 2.83. The van der Waals surface area contributed by atoms with Crippen molar-refractivity contribution in [3.63, 3.8) is 0 Å². The Morgan fingerprint density at radius 2 is 1.83 bits per heavy atom. The first-order valence-corrected chi connectivity index (χ1v) is 9.44. The largest absolute Gasteiger partial charge is 0.375 e. The van der Waals surface area contributed by atoms with Gasteiger partial charge in [0, 0.05) is 39.3 Å². The van der Waals surface area contributed by atoms with Crippen LogP contribution in [-0.4, -0.2) is 74.7 Å². The molecule has 3 fully saturated rings. The van der Waals surface area contributed by atoms with Crippen LogP contribution in [0.25, 0.3) is 0 Å². The van der Waals surface area contributed by atoms with Crippen LogP contribution in [0.3, 0.4) is 0 Å². The van der Waals surface area contributed by atoms with Gasteiger partial charge in [-0.25, -0.2) is 0 Å². The van der Waals surface area contributed by atoms with Gasteiger partial charge in [0.1, 0.15) is 6.61 Å². The lowest BCUT2D eigenvalue weighted by molar-refractivity contribution is -0.135.